The number of nitrogen functional groups attached to an aromatic ring is 1. The van der Waals surface area contributed by atoms with E-state index in [-0.39, 0.29) is 17.1 Å². The van der Waals surface area contributed by atoms with Gasteiger partial charge in [-0.2, -0.15) is 0 Å². The van der Waals surface area contributed by atoms with E-state index < -0.39 is 0 Å². The molecule has 0 aliphatic rings. The molecule has 2 rings (SSSR count). The Balaban J connectivity index is 2.47. The molecule has 2 aromatic heterocycles. The van der Waals surface area contributed by atoms with Crippen molar-refractivity contribution in [1.82, 2.24) is 20.2 Å². The number of nitrogens with two attached hydrogens (primary N) is 1. The van der Waals surface area contributed by atoms with E-state index >= 15 is 0 Å². The van der Waals surface area contributed by atoms with Gasteiger partial charge < -0.3 is 10.2 Å². The highest BCUT2D eigenvalue weighted by Crippen LogP contribution is 2.26. The van der Waals surface area contributed by atoms with Gasteiger partial charge in [0, 0.05) is 5.41 Å². The first kappa shape index (κ1) is 12.0. The molecular formula is C10H12BrN5O. The van der Waals surface area contributed by atoms with Crippen LogP contribution in [0.3, 0.4) is 0 Å². The van der Waals surface area contributed by atoms with Crippen molar-refractivity contribution in [3.8, 4) is 11.6 Å². The zero-order valence-electron chi connectivity index (χ0n) is 9.73. The maximum absolute atomic E-state index is 5.72. The molecule has 0 bridgehead atoms. The van der Waals surface area contributed by atoms with Crippen LogP contribution in [0.1, 0.15) is 26.7 Å². The lowest BCUT2D eigenvalue weighted by molar-refractivity contribution is 0.398. The molecule has 2 heterocycles. The van der Waals surface area contributed by atoms with E-state index in [1.165, 1.54) is 6.20 Å². The molecule has 17 heavy (non-hydrogen) atoms. The van der Waals surface area contributed by atoms with Crippen LogP contribution >= 0.6 is 15.9 Å². The Labute approximate surface area is 107 Å². The molecule has 0 aliphatic carbocycles. The van der Waals surface area contributed by atoms with Crippen molar-refractivity contribution in [2.75, 3.05) is 5.73 Å². The van der Waals surface area contributed by atoms with Gasteiger partial charge in [0.2, 0.25) is 5.89 Å². The second kappa shape index (κ2) is 4.06. The molecule has 2 aromatic rings. The van der Waals surface area contributed by atoms with Crippen LogP contribution in [0.15, 0.2) is 15.2 Å². The van der Waals surface area contributed by atoms with Gasteiger partial charge in [0.1, 0.15) is 4.60 Å². The van der Waals surface area contributed by atoms with Crippen molar-refractivity contribution in [3.63, 3.8) is 0 Å². The van der Waals surface area contributed by atoms with Crippen molar-refractivity contribution in [3.05, 3.63) is 16.7 Å². The third kappa shape index (κ3) is 2.44. The molecule has 0 radical (unpaired) electrons. The van der Waals surface area contributed by atoms with Crippen LogP contribution in [0.4, 0.5) is 5.82 Å². The summed E-state index contributed by atoms with van der Waals surface area (Å²) in [6.45, 7) is 5.96. The van der Waals surface area contributed by atoms with Gasteiger partial charge in [0.25, 0.3) is 5.89 Å². The summed E-state index contributed by atoms with van der Waals surface area (Å²) in [5.74, 6) is 1.08. The molecule has 2 N–H and O–H groups in total. The van der Waals surface area contributed by atoms with Gasteiger partial charge in [-0.15, -0.1) is 10.2 Å². The maximum atomic E-state index is 5.72. The monoisotopic (exact) mass is 297 g/mol. The molecule has 0 atom stereocenters. The second-order valence-corrected chi connectivity index (χ2v) is 5.40. The maximum Gasteiger partial charge on any atom is 0.270 e. The third-order valence-electron chi connectivity index (χ3n) is 2.04. The van der Waals surface area contributed by atoms with Crippen molar-refractivity contribution in [2.45, 2.75) is 26.2 Å². The van der Waals surface area contributed by atoms with Crippen LogP contribution in [0.2, 0.25) is 0 Å². The number of hydrogen-bond acceptors (Lipinski definition) is 6. The van der Waals surface area contributed by atoms with Gasteiger partial charge >= 0.3 is 0 Å². The Morgan fingerprint density at radius 3 is 2.59 bits per heavy atom. The Morgan fingerprint density at radius 2 is 2.00 bits per heavy atom. The first-order valence-electron chi connectivity index (χ1n) is 5.00. The van der Waals surface area contributed by atoms with Crippen LogP contribution in [-0.4, -0.2) is 20.2 Å². The predicted molar refractivity (Wildman–Crippen MR) is 66.1 cm³/mol. The molecule has 0 aliphatic heterocycles. The standard InChI is InChI=1S/C10H12BrN5O/c1-10(2,3)9-16-15-8(17-9)6-7(12)13-4-5(11)14-6/h4H,1-3H3,(H2,12,13). The molecule has 0 unspecified atom stereocenters. The molecule has 0 fully saturated rings. The number of anilines is 1. The van der Waals surface area contributed by atoms with Crippen LogP contribution < -0.4 is 5.73 Å². The molecule has 0 amide bonds. The fourth-order valence-electron chi connectivity index (χ4n) is 1.16. The SMILES string of the molecule is CC(C)(C)c1nnc(-c2nc(Br)cnc2N)o1. The molecule has 7 heteroatoms. The van der Waals surface area contributed by atoms with Gasteiger partial charge in [0.05, 0.1) is 6.20 Å². The molecule has 0 spiro atoms. The van der Waals surface area contributed by atoms with Crippen LogP contribution in [0, 0.1) is 0 Å². The number of hydrogen-bond donors (Lipinski definition) is 1. The number of halogens is 1. The fraction of sp³-hybridized carbons (Fsp3) is 0.400. The van der Waals surface area contributed by atoms with Gasteiger partial charge in [-0.25, -0.2) is 9.97 Å². The minimum atomic E-state index is -0.209. The highest BCUT2D eigenvalue weighted by molar-refractivity contribution is 9.10. The average Bonchev–Trinajstić information content (AvgIpc) is 2.70. The quantitative estimate of drug-likeness (QED) is 0.867. The van der Waals surface area contributed by atoms with Gasteiger partial charge in [-0.05, 0) is 15.9 Å². The minimum absolute atomic E-state index is 0.209. The number of aromatic nitrogens is 4. The first-order chi connectivity index (χ1) is 7.88. The molecule has 6 nitrogen and oxygen atoms in total. The Hall–Kier alpha value is -1.50. The van der Waals surface area contributed by atoms with E-state index in [1.807, 2.05) is 20.8 Å². The summed E-state index contributed by atoms with van der Waals surface area (Å²) in [6, 6.07) is 0. The fourth-order valence-corrected chi connectivity index (χ4v) is 1.44. The van der Waals surface area contributed by atoms with Crippen LogP contribution in [0.5, 0.6) is 0 Å². The Bertz CT molecular complexity index is 546. The average molecular weight is 298 g/mol. The highest BCUT2D eigenvalue weighted by atomic mass is 79.9. The minimum Gasteiger partial charge on any atom is -0.419 e. The second-order valence-electron chi connectivity index (χ2n) is 4.59. The van der Waals surface area contributed by atoms with E-state index in [2.05, 4.69) is 36.1 Å². The topological polar surface area (TPSA) is 90.7 Å². The Kier molecular flexibility index (Phi) is 2.86. The molecular weight excluding hydrogens is 286 g/mol. The molecule has 0 aromatic carbocycles. The lowest BCUT2D eigenvalue weighted by atomic mass is 9.97. The molecule has 90 valence electrons. The van der Waals surface area contributed by atoms with Crippen molar-refractivity contribution >= 4 is 21.7 Å². The predicted octanol–water partition coefficient (Wildman–Crippen LogP) is 2.17. The summed E-state index contributed by atoms with van der Waals surface area (Å²) < 4.78 is 6.11. The highest BCUT2D eigenvalue weighted by Gasteiger charge is 2.23. The summed E-state index contributed by atoms with van der Waals surface area (Å²) in [5, 5.41) is 7.91. The summed E-state index contributed by atoms with van der Waals surface area (Å²) in [6.07, 6.45) is 1.51. The summed E-state index contributed by atoms with van der Waals surface area (Å²) >= 11 is 3.22. The van der Waals surface area contributed by atoms with E-state index in [0.29, 0.717) is 16.2 Å². The van der Waals surface area contributed by atoms with E-state index in [0.717, 1.165) is 0 Å². The summed E-state index contributed by atoms with van der Waals surface area (Å²) in [7, 11) is 0. The van der Waals surface area contributed by atoms with Crippen molar-refractivity contribution in [1.29, 1.82) is 0 Å². The van der Waals surface area contributed by atoms with Crippen molar-refractivity contribution < 1.29 is 4.42 Å². The summed E-state index contributed by atoms with van der Waals surface area (Å²) in [4.78, 5) is 8.14. The number of nitrogens with zero attached hydrogens (tertiary/aromatic N) is 4. The summed E-state index contributed by atoms with van der Waals surface area (Å²) in [5.41, 5.74) is 5.90. The molecule has 0 saturated heterocycles. The lowest BCUT2D eigenvalue weighted by Gasteiger charge is -2.10. The number of rotatable bonds is 1. The zero-order valence-corrected chi connectivity index (χ0v) is 11.3. The first-order valence-corrected chi connectivity index (χ1v) is 5.79. The normalized spacial score (nSPS) is 11.8. The van der Waals surface area contributed by atoms with E-state index in [4.69, 9.17) is 10.2 Å². The lowest BCUT2D eigenvalue weighted by Crippen LogP contribution is -2.11. The van der Waals surface area contributed by atoms with Crippen LogP contribution in [-0.2, 0) is 5.41 Å². The van der Waals surface area contributed by atoms with Gasteiger partial charge in [-0.1, -0.05) is 20.8 Å². The van der Waals surface area contributed by atoms with E-state index in [9.17, 15) is 0 Å². The van der Waals surface area contributed by atoms with Gasteiger partial charge in [-0.3, -0.25) is 0 Å². The Morgan fingerprint density at radius 1 is 1.29 bits per heavy atom. The zero-order chi connectivity index (χ0) is 12.6. The largest absolute Gasteiger partial charge is 0.419 e. The smallest absolute Gasteiger partial charge is 0.270 e. The van der Waals surface area contributed by atoms with E-state index in [1.54, 1.807) is 0 Å². The van der Waals surface area contributed by atoms with Crippen LogP contribution in [0.25, 0.3) is 11.6 Å². The van der Waals surface area contributed by atoms with Gasteiger partial charge in [0.15, 0.2) is 11.5 Å². The third-order valence-corrected chi connectivity index (χ3v) is 2.42. The van der Waals surface area contributed by atoms with Crippen molar-refractivity contribution in [2.24, 2.45) is 0 Å². The molecule has 0 saturated carbocycles.